The number of alkyl halides is 1. The number of carbonyl (C=O) groups is 1. The summed E-state index contributed by atoms with van der Waals surface area (Å²) in [6, 6.07) is 2.64. The number of halogens is 2. The second-order valence-corrected chi connectivity index (χ2v) is 3.26. The molecular weight excluding hydrogens is 235 g/mol. The van der Waals surface area contributed by atoms with E-state index in [1.54, 1.807) is 6.92 Å². The maximum Gasteiger partial charge on any atom is 0.341 e. The number of esters is 1. The van der Waals surface area contributed by atoms with E-state index in [9.17, 15) is 9.18 Å². The third kappa shape index (κ3) is 2.64. The fourth-order valence-corrected chi connectivity index (χ4v) is 1.50. The molecule has 0 saturated heterocycles. The first-order chi connectivity index (χ1) is 7.63. The SMILES string of the molecule is CCOC(=O)c1c(F)cc(OC)cc1CCl. The molecule has 0 amide bonds. The Labute approximate surface area is 98.1 Å². The third-order valence-electron chi connectivity index (χ3n) is 2.00. The topological polar surface area (TPSA) is 35.5 Å². The Kier molecular flexibility index (Phi) is 4.55. The highest BCUT2D eigenvalue weighted by Gasteiger charge is 2.19. The van der Waals surface area contributed by atoms with E-state index >= 15 is 0 Å². The van der Waals surface area contributed by atoms with Gasteiger partial charge in [-0.2, -0.15) is 0 Å². The summed E-state index contributed by atoms with van der Waals surface area (Å²) in [6.07, 6.45) is 0. The average molecular weight is 247 g/mol. The first kappa shape index (κ1) is 12.8. The van der Waals surface area contributed by atoms with Crippen LogP contribution in [0.3, 0.4) is 0 Å². The molecule has 0 heterocycles. The molecule has 0 aliphatic rings. The number of hydrogen-bond donors (Lipinski definition) is 0. The standard InChI is InChI=1S/C11H12ClFO3/c1-3-16-11(14)10-7(6-12)4-8(15-2)5-9(10)13/h4-5H,3,6H2,1-2H3. The van der Waals surface area contributed by atoms with Crippen LogP contribution in [0.15, 0.2) is 12.1 Å². The second-order valence-electron chi connectivity index (χ2n) is 3.00. The summed E-state index contributed by atoms with van der Waals surface area (Å²) in [5.41, 5.74) is 0.231. The Morgan fingerprint density at radius 2 is 2.19 bits per heavy atom. The Balaban J connectivity index is 3.21. The van der Waals surface area contributed by atoms with Gasteiger partial charge in [0.25, 0.3) is 0 Å². The molecule has 16 heavy (non-hydrogen) atoms. The van der Waals surface area contributed by atoms with Crippen LogP contribution in [-0.2, 0) is 10.6 Å². The summed E-state index contributed by atoms with van der Waals surface area (Å²) in [7, 11) is 1.41. The van der Waals surface area contributed by atoms with Gasteiger partial charge in [-0.3, -0.25) is 0 Å². The van der Waals surface area contributed by atoms with Crippen LogP contribution >= 0.6 is 11.6 Å². The van der Waals surface area contributed by atoms with E-state index in [0.717, 1.165) is 6.07 Å². The fraction of sp³-hybridized carbons (Fsp3) is 0.364. The second kappa shape index (κ2) is 5.70. The van der Waals surface area contributed by atoms with Crippen molar-refractivity contribution in [2.45, 2.75) is 12.8 Å². The summed E-state index contributed by atoms with van der Waals surface area (Å²) in [5, 5.41) is 0. The predicted molar refractivity (Wildman–Crippen MR) is 58.5 cm³/mol. The number of rotatable bonds is 4. The van der Waals surface area contributed by atoms with Gasteiger partial charge in [0.1, 0.15) is 11.6 Å². The van der Waals surface area contributed by atoms with Crippen molar-refractivity contribution in [1.82, 2.24) is 0 Å². The molecule has 0 saturated carbocycles. The molecule has 0 bridgehead atoms. The summed E-state index contributed by atoms with van der Waals surface area (Å²) in [5.74, 6) is -1.06. The van der Waals surface area contributed by atoms with Gasteiger partial charge in [0, 0.05) is 11.9 Å². The van der Waals surface area contributed by atoms with Crippen LogP contribution in [0.25, 0.3) is 0 Å². The number of ether oxygens (including phenoxy) is 2. The summed E-state index contributed by atoms with van der Waals surface area (Å²) >= 11 is 5.65. The van der Waals surface area contributed by atoms with Crippen molar-refractivity contribution in [3.63, 3.8) is 0 Å². The highest BCUT2D eigenvalue weighted by Crippen LogP contribution is 2.23. The van der Waals surface area contributed by atoms with Gasteiger partial charge in [0.2, 0.25) is 0 Å². The van der Waals surface area contributed by atoms with E-state index in [-0.39, 0.29) is 18.1 Å². The minimum absolute atomic E-state index is 0.0161. The van der Waals surface area contributed by atoms with E-state index in [1.165, 1.54) is 13.2 Å². The van der Waals surface area contributed by atoms with Gasteiger partial charge < -0.3 is 9.47 Å². The molecule has 0 spiro atoms. The molecule has 0 unspecified atom stereocenters. The van der Waals surface area contributed by atoms with Crippen molar-refractivity contribution in [3.05, 3.63) is 29.1 Å². The van der Waals surface area contributed by atoms with Gasteiger partial charge in [-0.1, -0.05) is 0 Å². The van der Waals surface area contributed by atoms with Gasteiger partial charge in [-0.05, 0) is 18.6 Å². The molecule has 0 fully saturated rings. The largest absolute Gasteiger partial charge is 0.497 e. The number of hydrogen-bond acceptors (Lipinski definition) is 3. The van der Waals surface area contributed by atoms with Crippen LogP contribution in [0.2, 0.25) is 0 Å². The van der Waals surface area contributed by atoms with Crippen molar-refractivity contribution in [1.29, 1.82) is 0 Å². The lowest BCUT2D eigenvalue weighted by molar-refractivity contribution is 0.0520. The highest BCUT2D eigenvalue weighted by molar-refractivity contribution is 6.17. The number of benzene rings is 1. The molecule has 0 N–H and O–H groups in total. The van der Waals surface area contributed by atoms with Crippen LogP contribution in [-0.4, -0.2) is 19.7 Å². The zero-order chi connectivity index (χ0) is 12.1. The molecule has 5 heteroatoms. The Hall–Kier alpha value is -1.29. The molecule has 0 aromatic heterocycles. The van der Waals surface area contributed by atoms with Crippen molar-refractivity contribution in [3.8, 4) is 5.75 Å². The molecular formula is C11H12ClFO3. The van der Waals surface area contributed by atoms with E-state index < -0.39 is 11.8 Å². The van der Waals surface area contributed by atoms with Crippen LogP contribution in [0.1, 0.15) is 22.8 Å². The van der Waals surface area contributed by atoms with Crippen LogP contribution in [0.4, 0.5) is 4.39 Å². The van der Waals surface area contributed by atoms with Crippen molar-refractivity contribution in [2.24, 2.45) is 0 Å². The van der Waals surface area contributed by atoms with Crippen molar-refractivity contribution in [2.75, 3.05) is 13.7 Å². The molecule has 0 aliphatic carbocycles. The number of carbonyl (C=O) groups excluding carboxylic acids is 1. The van der Waals surface area contributed by atoms with Crippen LogP contribution in [0, 0.1) is 5.82 Å². The highest BCUT2D eigenvalue weighted by atomic mass is 35.5. The zero-order valence-corrected chi connectivity index (χ0v) is 9.81. The van der Waals surface area contributed by atoms with E-state index in [1.807, 2.05) is 0 Å². The molecule has 1 aromatic carbocycles. The lowest BCUT2D eigenvalue weighted by Crippen LogP contribution is -2.10. The first-order valence-electron chi connectivity index (χ1n) is 4.73. The summed E-state index contributed by atoms with van der Waals surface area (Å²) < 4.78 is 23.2. The normalized spacial score (nSPS) is 10.0. The van der Waals surface area contributed by atoms with Gasteiger partial charge in [0.15, 0.2) is 0 Å². The predicted octanol–water partition coefficient (Wildman–Crippen LogP) is 2.75. The monoisotopic (exact) mass is 246 g/mol. The Bertz CT molecular complexity index is 393. The molecule has 1 rings (SSSR count). The van der Waals surface area contributed by atoms with Gasteiger partial charge >= 0.3 is 5.97 Å². The van der Waals surface area contributed by atoms with Crippen LogP contribution < -0.4 is 4.74 Å². The smallest absolute Gasteiger partial charge is 0.341 e. The average Bonchev–Trinajstić information content (AvgIpc) is 2.27. The minimum atomic E-state index is -0.710. The van der Waals surface area contributed by atoms with Crippen molar-refractivity contribution < 1.29 is 18.7 Å². The lowest BCUT2D eigenvalue weighted by Gasteiger charge is -2.09. The zero-order valence-electron chi connectivity index (χ0n) is 9.05. The fourth-order valence-electron chi connectivity index (χ4n) is 1.29. The maximum absolute atomic E-state index is 13.6. The van der Waals surface area contributed by atoms with E-state index in [2.05, 4.69) is 0 Å². The van der Waals surface area contributed by atoms with Crippen LogP contribution in [0.5, 0.6) is 5.75 Å². The summed E-state index contributed by atoms with van der Waals surface area (Å²) in [4.78, 5) is 11.5. The lowest BCUT2D eigenvalue weighted by atomic mass is 10.1. The van der Waals surface area contributed by atoms with Gasteiger partial charge in [0.05, 0.1) is 19.3 Å². The first-order valence-corrected chi connectivity index (χ1v) is 5.27. The van der Waals surface area contributed by atoms with Crippen molar-refractivity contribution >= 4 is 17.6 Å². The van der Waals surface area contributed by atoms with E-state index in [0.29, 0.717) is 11.3 Å². The maximum atomic E-state index is 13.6. The minimum Gasteiger partial charge on any atom is -0.497 e. The molecule has 0 radical (unpaired) electrons. The van der Waals surface area contributed by atoms with Gasteiger partial charge in [-0.15, -0.1) is 11.6 Å². The van der Waals surface area contributed by atoms with Gasteiger partial charge in [-0.25, -0.2) is 9.18 Å². The molecule has 0 atom stereocenters. The quantitative estimate of drug-likeness (QED) is 0.605. The Morgan fingerprint density at radius 3 is 2.69 bits per heavy atom. The Morgan fingerprint density at radius 1 is 1.50 bits per heavy atom. The molecule has 3 nitrogen and oxygen atoms in total. The molecule has 88 valence electrons. The van der Waals surface area contributed by atoms with E-state index in [4.69, 9.17) is 21.1 Å². The summed E-state index contributed by atoms with van der Waals surface area (Å²) in [6.45, 7) is 1.84. The molecule has 0 aliphatic heterocycles. The third-order valence-corrected chi connectivity index (χ3v) is 2.29. The molecule has 1 aromatic rings. The number of methoxy groups -OCH3 is 1.